The van der Waals surface area contributed by atoms with Crippen molar-refractivity contribution in [1.29, 1.82) is 0 Å². The summed E-state index contributed by atoms with van der Waals surface area (Å²) in [5.74, 6) is -1.03. The van der Waals surface area contributed by atoms with Gasteiger partial charge < -0.3 is 14.8 Å². The lowest BCUT2D eigenvalue weighted by Gasteiger charge is -2.13. The zero-order valence-electron chi connectivity index (χ0n) is 15.5. The Labute approximate surface area is 166 Å². The van der Waals surface area contributed by atoms with Crippen molar-refractivity contribution in [3.63, 3.8) is 0 Å². The Morgan fingerprint density at radius 3 is 2.46 bits per heavy atom. The zero-order chi connectivity index (χ0) is 20.7. The molecule has 0 atom stereocenters. The van der Waals surface area contributed by atoms with Crippen LogP contribution in [0, 0.1) is 5.82 Å². The average molecular weight is 408 g/mol. The predicted octanol–water partition coefficient (Wildman–Crippen LogP) is 3.63. The SMILES string of the molecule is COc1cc(NC(=O)C/C(C)=N/NC(=O)c2ccccc2F)c(OC)cc1Cl. The second-order valence-electron chi connectivity index (χ2n) is 5.68. The van der Waals surface area contributed by atoms with Gasteiger partial charge >= 0.3 is 0 Å². The number of halogens is 2. The molecule has 2 aromatic carbocycles. The Morgan fingerprint density at radius 1 is 1.14 bits per heavy atom. The molecule has 0 aliphatic heterocycles. The molecular weight excluding hydrogens is 389 g/mol. The van der Waals surface area contributed by atoms with Crippen LogP contribution in [0.25, 0.3) is 0 Å². The number of carbonyl (C=O) groups is 2. The maximum atomic E-state index is 13.6. The van der Waals surface area contributed by atoms with Gasteiger partial charge in [0.05, 0.1) is 36.9 Å². The van der Waals surface area contributed by atoms with Crippen LogP contribution in [0.15, 0.2) is 41.5 Å². The van der Waals surface area contributed by atoms with Gasteiger partial charge in [0.2, 0.25) is 5.91 Å². The second kappa shape index (κ2) is 9.70. The van der Waals surface area contributed by atoms with E-state index in [4.69, 9.17) is 21.1 Å². The van der Waals surface area contributed by atoms with Gasteiger partial charge in [-0.25, -0.2) is 9.82 Å². The summed E-state index contributed by atoms with van der Waals surface area (Å²) in [5.41, 5.74) is 2.78. The number of hydrazone groups is 1. The molecule has 28 heavy (non-hydrogen) atoms. The number of carbonyl (C=O) groups excluding carboxylic acids is 2. The number of anilines is 1. The number of methoxy groups -OCH3 is 2. The summed E-state index contributed by atoms with van der Waals surface area (Å²) < 4.78 is 23.9. The number of ether oxygens (including phenoxy) is 2. The summed E-state index contributed by atoms with van der Waals surface area (Å²) >= 11 is 6.03. The van der Waals surface area contributed by atoms with Gasteiger partial charge in [0.1, 0.15) is 17.3 Å². The van der Waals surface area contributed by atoms with Gasteiger partial charge in [0, 0.05) is 17.8 Å². The molecule has 0 heterocycles. The minimum atomic E-state index is -0.707. The molecule has 2 N–H and O–H groups in total. The third-order valence-corrected chi connectivity index (χ3v) is 3.93. The molecule has 0 aliphatic rings. The maximum absolute atomic E-state index is 13.6. The van der Waals surface area contributed by atoms with Crippen molar-refractivity contribution in [3.8, 4) is 11.5 Å². The minimum Gasteiger partial charge on any atom is -0.495 e. The molecule has 0 bridgehead atoms. The van der Waals surface area contributed by atoms with Gasteiger partial charge in [-0.05, 0) is 19.1 Å². The van der Waals surface area contributed by atoms with Crippen LogP contribution in [0.3, 0.4) is 0 Å². The van der Waals surface area contributed by atoms with E-state index < -0.39 is 17.6 Å². The Hall–Kier alpha value is -3.13. The number of hydrogen-bond acceptors (Lipinski definition) is 5. The smallest absolute Gasteiger partial charge is 0.274 e. The van der Waals surface area contributed by atoms with Crippen molar-refractivity contribution in [2.45, 2.75) is 13.3 Å². The van der Waals surface area contributed by atoms with E-state index in [0.717, 1.165) is 0 Å². The fraction of sp³-hybridized carbons (Fsp3) is 0.211. The zero-order valence-corrected chi connectivity index (χ0v) is 16.3. The van der Waals surface area contributed by atoms with Gasteiger partial charge in [0.15, 0.2) is 0 Å². The van der Waals surface area contributed by atoms with Crippen LogP contribution in [-0.4, -0.2) is 31.7 Å². The van der Waals surface area contributed by atoms with E-state index in [-0.39, 0.29) is 12.0 Å². The Morgan fingerprint density at radius 2 is 1.82 bits per heavy atom. The van der Waals surface area contributed by atoms with Crippen LogP contribution >= 0.6 is 11.6 Å². The summed E-state index contributed by atoms with van der Waals surface area (Å²) in [6.45, 7) is 1.56. The summed E-state index contributed by atoms with van der Waals surface area (Å²) in [6.07, 6.45) is -0.106. The van der Waals surface area contributed by atoms with Crippen LogP contribution in [-0.2, 0) is 4.79 Å². The quantitative estimate of drug-likeness (QED) is 0.541. The molecule has 0 aromatic heterocycles. The van der Waals surface area contributed by atoms with E-state index in [1.165, 1.54) is 50.6 Å². The van der Waals surface area contributed by atoms with Crippen molar-refractivity contribution in [3.05, 3.63) is 52.8 Å². The summed E-state index contributed by atoms with van der Waals surface area (Å²) in [4.78, 5) is 24.2. The molecule has 2 amide bonds. The van der Waals surface area contributed by atoms with Gasteiger partial charge in [-0.3, -0.25) is 9.59 Å². The monoisotopic (exact) mass is 407 g/mol. The Kier molecular flexibility index (Phi) is 7.34. The molecule has 0 saturated carbocycles. The van der Waals surface area contributed by atoms with Crippen LogP contribution in [0.5, 0.6) is 11.5 Å². The lowest BCUT2D eigenvalue weighted by atomic mass is 10.2. The molecule has 0 radical (unpaired) electrons. The first kappa shape index (κ1) is 21.2. The maximum Gasteiger partial charge on any atom is 0.274 e. The first-order valence-electron chi connectivity index (χ1n) is 8.15. The highest BCUT2D eigenvalue weighted by Gasteiger charge is 2.14. The topological polar surface area (TPSA) is 89.0 Å². The summed E-state index contributed by atoms with van der Waals surface area (Å²) in [5, 5.41) is 6.83. The van der Waals surface area contributed by atoms with Crippen molar-refractivity contribution >= 4 is 34.8 Å². The number of rotatable bonds is 7. The number of nitrogens with zero attached hydrogens (tertiary/aromatic N) is 1. The highest BCUT2D eigenvalue weighted by atomic mass is 35.5. The number of hydrogen-bond donors (Lipinski definition) is 2. The first-order valence-corrected chi connectivity index (χ1v) is 8.53. The third-order valence-electron chi connectivity index (χ3n) is 3.63. The lowest BCUT2D eigenvalue weighted by Crippen LogP contribution is -2.22. The van der Waals surface area contributed by atoms with Crippen LogP contribution < -0.4 is 20.2 Å². The molecule has 0 fully saturated rings. The molecule has 0 spiro atoms. The number of benzene rings is 2. The van der Waals surface area contributed by atoms with E-state index in [9.17, 15) is 14.0 Å². The molecular formula is C19H19ClFN3O4. The van der Waals surface area contributed by atoms with Crippen LogP contribution in [0.1, 0.15) is 23.7 Å². The first-order chi connectivity index (χ1) is 13.3. The van der Waals surface area contributed by atoms with Gasteiger partial charge in [0.25, 0.3) is 5.91 Å². The fourth-order valence-corrected chi connectivity index (χ4v) is 2.51. The summed E-state index contributed by atoms with van der Waals surface area (Å²) in [7, 11) is 2.90. The van der Waals surface area contributed by atoms with Crippen LogP contribution in [0.2, 0.25) is 5.02 Å². The summed E-state index contributed by atoms with van der Waals surface area (Å²) in [6, 6.07) is 8.58. The molecule has 7 nitrogen and oxygen atoms in total. The number of amides is 2. The fourth-order valence-electron chi connectivity index (χ4n) is 2.28. The average Bonchev–Trinajstić information content (AvgIpc) is 2.67. The molecule has 2 rings (SSSR count). The Bertz CT molecular complexity index is 918. The van der Waals surface area contributed by atoms with Crippen molar-refractivity contribution < 1.29 is 23.5 Å². The lowest BCUT2D eigenvalue weighted by molar-refractivity contribution is -0.115. The Balaban J connectivity index is 2.02. The van der Waals surface area contributed by atoms with E-state index in [0.29, 0.717) is 27.9 Å². The highest BCUT2D eigenvalue weighted by Crippen LogP contribution is 2.35. The van der Waals surface area contributed by atoms with E-state index >= 15 is 0 Å². The normalized spacial score (nSPS) is 11.0. The van der Waals surface area contributed by atoms with E-state index in [1.54, 1.807) is 6.92 Å². The molecule has 9 heteroatoms. The molecule has 0 unspecified atom stereocenters. The van der Waals surface area contributed by atoms with E-state index in [2.05, 4.69) is 15.8 Å². The van der Waals surface area contributed by atoms with Gasteiger partial charge in [-0.2, -0.15) is 5.10 Å². The van der Waals surface area contributed by atoms with E-state index in [1.807, 2.05) is 0 Å². The highest BCUT2D eigenvalue weighted by molar-refractivity contribution is 6.32. The molecule has 0 aliphatic carbocycles. The minimum absolute atomic E-state index is 0.106. The largest absolute Gasteiger partial charge is 0.495 e. The van der Waals surface area contributed by atoms with Gasteiger partial charge in [-0.15, -0.1) is 0 Å². The second-order valence-corrected chi connectivity index (χ2v) is 6.09. The van der Waals surface area contributed by atoms with Crippen molar-refractivity contribution in [1.82, 2.24) is 5.43 Å². The molecule has 148 valence electrons. The van der Waals surface area contributed by atoms with Crippen LogP contribution in [0.4, 0.5) is 10.1 Å². The third kappa shape index (κ3) is 5.43. The molecule has 2 aromatic rings. The van der Waals surface area contributed by atoms with Gasteiger partial charge in [-0.1, -0.05) is 23.7 Å². The van der Waals surface area contributed by atoms with Crippen molar-refractivity contribution in [2.24, 2.45) is 5.10 Å². The van der Waals surface area contributed by atoms with Crippen molar-refractivity contribution in [2.75, 3.05) is 19.5 Å². The predicted molar refractivity (Wildman–Crippen MR) is 105 cm³/mol. The number of nitrogens with one attached hydrogen (secondary N) is 2. The standard InChI is InChI=1S/C19H19ClFN3O4/c1-11(23-24-19(26)12-6-4-5-7-14(12)21)8-18(25)22-15-10-16(27-2)13(20)9-17(15)28-3/h4-7,9-10H,8H2,1-3H3,(H,22,25)(H,24,26)/b23-11+. The molecule has 0 saturated heterocycles.